The Morgan fingerprint density at radius 1 is 1.10 bits per heavy atom. The number of aryl methyl sites for hydroxylation is 2. The van der Waals surface area contributed by atoms with Gasteiger partial charge >= 0.3 is 5.97 Å². The van der Waals surface area contributed by atoms with Gasteiger partial charge in [-0.15, -0.1) is 0 Å². The molecule has 1 heterocycles. The predicted octanol–water partition coefficient (Wildman–Crippen LogP) is 4.24. The summed E-state index contributed by atoms with van der Waals surface area (Å²) in [6.07, 6.45) is 0. The second kappa shape index (κ2) is 8.08. The molecule has 0 amide bonds. The molecule has 3 rings (SSSR count). The maximum Gasteiger partial charge on any atom is 0.338 e. The quantitative estimate of drug-likeness (QED) is 0.606. The van der Waals surface area contributed by atoms with Crippen molar-refractivity contribution in [3.63, 3.8) is 0 Å². The van der Waals surface area contributed by atoms with E-state index in [1.54, 1.807) is 32.0 Å². The molecule has 7 nitrogen and oxygen atoms in total. The topological polar surface area (TPSA) is 98.5 Å². The van der Waals surface area contributed by atoms with Gasteiger partial charge < -0.3 is 9.26 Å². The number of benzene rings is 2. The monoisotopic (exact) mass is 414 g/mol. The van der Waals surface area contributed by atoms with E-state index in [0.717, 1.165) is 11.3 Å². The minimum Gasteiger partial charge on any atom is -0.462 e. The molecule has 0 aliphatic heterocycles. The fourth-order valence-corrected chi connectivity index (χ4v) is 4.14. The second-order valence-electron chi connectivity index (χ2n) is 6.61. The van der Waals surface area contributed by atoms with E-state index >= 15 is 0 Å². The number of ether oxygens (including phenoxy) is 1. The molecule has 0 fully saturated rings. The Labute approximate surface area is 169 Å². The Balaban J connectivity index is 1.90. The van der Waals surface area contributed by atoms with Crippen LogP contribution in [-0.2, 0) is 14.8 Å². The summed E-state index contributed by atoms with van der Waals surface area (Å²) < 4.78 is 38.8. The Kier molecular flexibility index (Phi) is 5.74. The number of carbonyl (C=O) groups is 1. The zero-order valence-electron chi connectivity index (χ0n) is 16.6. The zero-order chi connectivity index (χ0) is 21.2. The minimum absolute atomic E-state index is 0.137. The van der Waals surface area contributed by atoms with E-state index in [1.807, 2.05) is 13.8 Å². The highest BCUT2D eigenvalue weighted by Gasteiger charge is 2.20. The van der Waals surface area contributed by atoms with Crippen LogP contribution in [0.5, 0.6) is 0 Å². The third kappa shape index (κ3) is 4.32. The lowest BCUT2D eigenvalue weighted by Gasteiger charge is -2.12. The fraction of sp³-hybridized carbons (Fsp3) is 0.238. The molecular weight excluding hydrogens is 392 g/mol. The third-order valence-corrected chi connectivity index (χ3v) is 6.07. The first-order chi connectivity index (χ1) is 13.7. The Morgan fingerprint density at radius 2 is 1.79 bits per heavy atom. The lowest BCUT2D eigenvalue weighted by Crippen LogP contribution is -2.14. The number of anilines is 1. The SMILES string of the molecule is CCOC(=O)c1ccc(NS(=O)(=O)c2cc(-c3onc(C)c3C)ccc2C)cc1. The average Bonchev–Trinajstić information content (AvgIpc) is 3.01. The van der Waals surface area contributed by atoms with Crippen LogP contribution in [0.15, 0.2) is 51.9 Å². The molecule has 8 heteroatoms. The van der Waals surface area contributed by atoms with Crippen molar-refractivity contribution in [1.29, 1.82) is 0 Å². The molecule has 29 heavy (non-hydrogen) atoms. The van der Waals surface area contributed by atoms with Crippen LogP contribution in [0.2, 0.25) is 0 Å². The first-order valence-electron chi connectivity index (χ1n) is 9.07. The maximum atomic E-state index is 13.0. The predicted molar refractivity (Wildman–Crippen MR) is 109 cm³/mol. The number of rotatable bonds is 6. The second-order valence-corrected chi connectivity index (χ2v) is 8.26. The summed E-state index contributed by atoms with van der Waals surface area (Å²) in [4.78, 5) is 11.9. The molecule has 1 aromatic heterocycles. The third-order valence-electron chi connectivity index (χ3n) is 4.55. The molecule has 0 atom stereocenters. The molecule has 1 N–H and O–H groups in total. The highest BCUT2D eigenvalue weighted by molar-refractivity contribution is 7.92. The smallest absolute Gasteiger partial charge is 0.338 e. The van der Waals surface area contributed by atoms with E-state index in [4.69, 9.17) is 9.26 Å². The molecule has 0 bridgehead atoms. The van der Waals surface area contributed by atoms with Crippen molar-refractivity contribution in [3.8, 4) is 11.3 Å². The molecule has 0 aliphatic rings. The van der Waals surface area contributed by atoms with Crippen molar-refractivity contribution < 1.29 is 22.5 Å². The summed E-state index contributed by atoms with van der Waals surface area (Å²) in [5.74, 6) is 0.0842. The number of nitrogens with one attached hydrogen (secondary N) is 1. The van der Waals surface area contributed by atoms with Crippen molar-refractivity contribution in [2.75, 3.05) is 11.3 Å². The lowest BCUT2D eigenvalue weighted by atomic mass is 10.1. The first-order valence-corrected chi connectivity index (χ1v) is 10.5. The largest absolute Gasteiger partial charge is 0.462 e. The van der Waals surface area contributed by atoms with Gasteiger partial charge in [-0.25, -0.2) is 13.2 Å². The highest BCUT2D eigenvalue weighted by Crippen LogP contribution is 2.29. The molecule has 152 valence electrons. The Morgan fingerprint density at radius 3 is 2.38 bits per heavy atom. The normalized spacial score (nSPS) is 11.3. The van der Waals surface area contributed by atoms with Gasteiger partial charge in [0.2, 0.25) is 0 Å². The molecule has 0 aliphatic carbocycles. The molecular formula is C21H22N2O5S. The zero-order valence-corrected chi connectivity index (χ0v) is 17.5. The number of hydrogen-bond donors (Lipinski definition) is 1. The van der Waals surface area contributed by atoms with Crippen LogP contribution < -0.4 is 4.72 Å². The highest BCUT2D eigenvalue weighted by atomic mass is 32.2. The lowest BCUT2D eigenvalue weighted by molar-refractivity contribution is 0.0526. The number of nitrogens with zero attached hydrogens (tertiary/aromatic N) is 1. The molecule has 3 aromatic rings. The molecule has 0 spiro atoms. The average molecular weight is 414 g/mol. The summed E-state index contributed by atoms with van der Waals surface area (Å²) in [7, 11) is -3.85. The fourth-order valence-electron chi connectivity index (χ4n) is 2.81. The summed E-state index contributed by atoms with van der Waals surface area (Å²) >= 11 is 0. The van der Waals surface area contributed by atoms with Gasteiger partial charge in [0.1, 0.15) is 0 Å². The number of carbonyl (C=O) groups excluding carboxylic acids is 1. The van der Waals surface area contributed by atoms with Crippen molar-refractivity contribution in [2.24, 2.45) is 0 Å². The standard InChI is InChI=1S/C21H22N2O5S/c1-5-27-21(24)16-8-10-18(11-9-16)23-29(25,26)19-12-17(7-6-13(19)2)20-14(3)15(4)22-28-20/h6-12,23H,5H2,1-4H3. The van der Waals surface area contributed by atoms with Crippen molar-refractivity contribution in [3.05, 3.63) is 64.8 Å². The van der Waals surface area contributed by atoms with Crippen molar-refractivity contribution in [2.45, 2.75) is 32.6 Å². The van der Waals surface area contributed by atoms with Crippen LogP contribution in [0, 0.1) is 20.8 Å². The van der Waals surface area contributed by atoms with Crippen molar-refractivity contribution in [1.82, 2.24) is 5.16 Å². The molecule has 2 aromatic carbocycles. The number of esters is 1. The van der Waals surface area contributed by atoms with Crippen LogP contribution >= 0.6 is 0 Å². The van der Waals surface area contributed by atoms with Gasteiger partial charge in [-0.2, -0.15) is 0 Å². The van der Waals surface area contributed by atoms with Crippen LogP contribution in [0.4, 0.5) is 5.69 Å². The van der Waals surface area contributed by atoms with E-state index in [9.17, 15) is 13.2 Å². The van der Waals surface area contributed by atoms with Gasteiger partial charge in [-0.3, -0.25) is 4.72 Å². The number of aromatic nitrogens is 1. The molecule has 0 saturated carbocycles. The van der Waals surface area contributed by atoms with Gasteiger partial charge in [0, 0.05) is 16.8 Å². The first kappa shape index (κ1) is 20.6. The van der Waals surface area contributed by atoms with Gasteiger partial charge in [0.15, 0.2) is 5.76 Å². The van der Waals surface area contributed by atoms with Crippen molar-refractivity contribution >= 4 is 21.7 Å². The van der Waals surface area contributed by atoms with E-state index in [-0.39, 0.29) is 11.5 Å². The van der Waals surface area contributed by atoms with E-state index in [0.29, 0.717) is 28.1 Å². The van der Waals surface area contributed by atoms with Gasteiger partial charge in [-0.05, 0) is 63.6 Å². The van der Waals surface area contributed by atoms with E-state index in [2.05, 4.69) is 9.88 Å². The van der Waals surface area contributed by atoms with Gasteiger partial charge in [0.25, 0.3) is 10.0 Å². The van der Waals surface area contributed by atoms with Crippen LogP contribution in [0.1, 0.15) is 34.1 Å². The Bertz CT molecular complexity index is 1150. The minimum atomic E-state index is -3.85. The van der Waals surface area contributed by atoms with Crippen LogP contribution in [-0.4, -0.2) is 26.2 Å². The van der Waals surface area contributed by atoms with Gasteiger partial charge in [0.05, 0.1) is 22.8 Å². The van der Waals surface area contributed by atoms with Crippen LogP contribution in [0.3, 0.4) is 0 Å². The maximum absolute atomic E-state index is 13.0. The summed E-state index contributed by atoms with van der Waals surface area (Å²) in [5.41, 5.74) is 3.54. The number of hydrogen-bond acceptors (Lipinski definition) is 6. The van der Waals surface area contributed by atoms with Gasteiger partial charge in [-0.1, -0.05) is 17.3 Å². The molecule has 0 saturated heterocycles. The van der Waals surface area contributed by atoms with E-state index in [1.165, 1.54) is 24.3 Å². The summed E-state index contributed by atoms with van der Waals surface area (Å²) in [6.45, 7) is 7.42. The van der Waals surface area contributed by atoms with E-state index < -0.39 is 16.0 Å². The summed E-state index contributed by atoms with van der Waals surface area (Å²) in [5, 5.41) is 3.93. The molecule has 0 radical (unpaired) electrons. The summed E-state index contributed by atoms with van der Waals surface area (Å²) in [6, 6.07) is 11.2. The molecule has 0 unspecified atom stereocenters. The Hall–Kier alpha value is -3.13. The number of sulfonamides is 1. The van der Waals surface area contributed by atoms with Crippen LogP contribution in [0.25, 0.3) is 11.3 Å².